The van der Waals surface area contributed by atoms with Crippen LogP contribution in [0.2, 0.25) is 0 Å². The third-order valence-corrected chi connectivity index (χ3v) is 8.59. The van der Waals surface area contributed by atoms with Crippen LogP contribution in [-0.4, -0.2) is 19.5 Å². The zero-order chi connectivity index (χ0) is 31.0. The lowest BCUT2D eigenvalue weighted by Gasteiger charge is -2.12. The molecule has 0 spiro atoms. The predicted octanol–water partition coefficient (Wildman–Crippen LogP) is 10.3. The van der Waals surface area contributed by atoms with Crippen molar-refractivity contribution in [2.45, 2.75) is 0 Å². The van der Waals surface area contributed by atoms with Crippen molar-refractivity contribution in [1.82, 2.24) is 19.5 Å². The molecule has 0 aliphatic rings. The van der Waals surface area contributed by atoms with Gasteiger partial charge in [0.2, 0.25) is 0 Å². The van der Waals surface area contributed by atoms with E-state index in [1.165, 1.54) is 10.8 Å². The summed E-state index contributed by atoms with van der Waals surface area (Å²) in [6, 6.07) is 51.3. The molecule has 0 aliphatic carbocycles. The number of rotatable bonds is 5. The van der Waals surface area contributed by atoms with Crippen molar-refractivity contribution in [3.63, 3.8) is 0 Å². The summed E-state index contributed by atoms with van der Waals surface area (Å²) in [6.45, 7) is 0. The number of para-hydroxylation sites is 2. The van der Waals surface area contributed by atoms with Crippen molar-refractivity contribution in [2.24, 2.45) is 0 Å². The first-order valence-corrected chi connectivity index (χ1v) is 15.7. The molecule has 8 aromatic rings. The summed E-state index contributed by atoms with van der Waals surface area (Å²) in [6.07, 6.45) is 0. The number of nitriles is 1. The number of halogens is 1. The maximum atomic E-state index is 9.16. The first-order valence-electron chi connectivity index (χ1n) is 14.9. The summed E-state index contributed by atoms with van der Waals surface area (Å²) in [4.78, 5) is 14.9. The fourth-order valence-corrected chi connectivity index (χ4v) is 6.41. The summed E-state index contributed by atoms with van der Waals surface area (Å²) in [7, 11) is 0. The van der Waals surface area contributed by atoms with Crippen molar-refractivity contribution in [3.05, 3.63) is 156 Å². The first-order chi connectivity index (χ1) is 22.6. The lowest BCUT2D eigenvalue weighted by atomic mass is 10.0. The standard InChI is InChI=1S/C40H24BrN5/c41-32-22-31(23-33(24-32)46-36-12-6-4-10-34(36)35-11-5-7-13-37(35)46)40-44-38(29-8-2-1-3-9-29)43-39(45-40)30-20-18-28(19-21-30)27-16-14-26(25-42)15-17-27/h1-24H. The van der Waals surface area contributed by atoms with E-state index in [2.05, 4.69) is 105 Å². The zero-order valence-electron chi connectivity index (χ0n) is 24.5. The van der Waals surface area contributed by atoms with E-state index in [4.69, 9.17) is 20.2 Å². The van der Waals surface area contributed by atoms with Gasteiger partial charge in [0.15, 0.2) is 17.5 Å². The zero-order valence-corrected chi connectivity index (χ0v) is 26.1. The molecule has 0 fully saturated rings. The highest BCUT2D eigenvalue weighted by Crippen LogP contribution is 2.35. The molecule has 5 nitrogen and oxygen atoms in total. The molecular formula is C40H24BrN5. The van der Waals surface area contributed by atoms with E-state index < -0.39 is 0 Å². The maximum Gasteiger partial charge on any atom is 0.164 e. The number of hydrogen-bond donors (Lipinski definition) is 0. The summed E-state index contributed by atoms with van der Waals surface area (Å²) < 4.78 is 3.22. The fraction of sp³-hybridized carbons (Fsp3) is 0. The molecule has 0 N–H and O–H groups in total. The SMILES string of the molecule is N#Cc1ccc(-c2ccc(-c3nc(-c4ccccc4)nc(-c4cc(Br)cc(-n5c6ccccc6c6ccccc65)c4)n3)cc2)cc1. The van der Waals surface area contributed by atoms with Gasteiger partial charge in [-0.3, -0.25) is 0 Å². The molecule has 0 aliphatic heterocycles. The number of fused-ring (bicyclic) bond motifs is 3. The Kier molecular flexibility index (Phi) is 6.94. The number of benzene rings is 6. The molecule has 0 bridgehead atoms. The van der Waals surface area contributed by atoms with Gasteiger partial charge in [-0.15, -0.1) is 0 Å². The van der Waals surface area contributed by atoms with Gasteiger partial charge in [0.25, 0.3) is 0 Å². The molecular weight excluding hydrogens is 630 g/mol. The van der Waals surface area contributed by atoms with Crippen molar-refractivity contribution >= 4 is 37.7 Å². The minimum absolute atomic E-state index is 0.586. The van der Waals surface area contributed by atoms with Crippen LogP contribution in [0.4, 0.5) is 0 Å². The second-order valence-corrected chi connectivity index (χ2v) is 11.9. The molecule has 0 saturated heterocycles. The fourth-order valence-electron chi connectivity index (χ4n) is 5.93. The van der Waals surface area contributed by atoms with Gasteiger partial charge < -0.3 is 4.57 Å². The van der Waals surface area contributed by atoms with E-state index in [0.29, 0.717) is 23.0 Å². The van der Waals surface area contributed by atoms with E-state index >= 15 is 0 Å². The molecule has 0 atom stereocenters. The van der Waals surface area contributed by atoms with E-state index in [1.807, 2.05) is 66.7 Å². The van der Waals surface area contributed by atoms with E-state index in [0.717, 1.165) is 49.0 Å². The van der Waals surface area contributed by atoms with Crippen LogP contribution in [0.5, 0.6) is 0 Å². The van der Waals surface area contributed by atoms with Gasteiger partial charge in [0.05, 0.1) is 22.7 Å². The highest BCUT2D eigenvalue weighted by atomic mass is 79.9. The van der Waals surface area contributed by atoms with Crippen molar-refractivity contribution < 1.29 is 0 Å². The monoisotopic (exact) mass is 653 g/mol. The highest BCUT2D eigenvalue weighted by Gasteiger charge is 2.16. The Morgan fingerprint density at radius 1 is 0.478 bits per heavy atom. The van der Waals surface area contributed by atoms with E-state index in [-0.39, 0.29) is 0 Å². The molecule has 0 saturated carbocycles. The Labute approximate surface area is 274 Å². The number of hydrogen-bond acceptors (Lipinski definition) is 4. The highest BCUT2D eigenvalue weighted by molar-refractivity contribution is 9.10. The lowest BCUT2D eigenvalue weighted by Crippen LogP contribution is -2.01. The summed E-state index contributed by atoms with van der Waals surface area (Å²) in [5.41, 5.74) is 8.69. The average Bonchev–Trinajstić information content (AvgIpc) is 3.46. The molecule has 6 aromatic carbocycles. The van der Waals surface area contributed by atoms with E-state index in [9.17, 15) is 0 Å². The van der Waals surface area contributed by atoms with Crippen LogP contribution in [0.15, 0.2) is 150 Å². The lowest BCUT2D eigenvalue weighted by molar-refractivity contribution is 1.07. The Bertz CT molecular complexity index is 2370. The van der Waals surface area contributed by atoms with Gasteiger partial charge in [-0.1, -0.05) is 119 Å². The molecule has 216 valence electrons. The summed E-state index contributed by atoms with van der Waals surface area (Å²) >= 11 is 3.79. The number of nitrogens with zero attached hydrogens (tertiary/aromatic N) is 5. The van der Waals surface area contributed by atoms with Crippen molar-refractivity contribution in [2.75, 3.05) is 0 Å². The molecule has 8 rings (SSSR count). The molecule has 0 unspecified atom stereocenters. The van der Waals surface area contributed by atoms with Crippen LogP contribution in [0.1, 0.15) is 5.56 Å². The Morgan fingerprint density at radius 3 is 1.54 bits per heavy atom. The second kappa shape index (κ2) is 11.6. The van der Waals surface area contributed by atoms with Crippen LogP contribution in [0.3, 0.4) is 0 Å². The van der Waals surface area contributed by atoms with E-state index in [1.54, 1.807) is 0 Å². The van der Waals surface area contributed by atoms with Gasteiger partial charge >= 0.3 is 0 Å². The largest absolute Gasteiger partial charge is 0.309 e. The Hall–Kier alpha value is -5.90. The van der Waals surface area contributed by atoms with Gasteiger partial charge in [-0.05, 0) is 53.6 Å². The van der Waals surface area contributed by atoms with Crippen LogP contribution < -0.4 is 0 Å². The predicted molar refractivity (Wildman–Crippen MR) is 188 cm³/mol. The Balaban J connectivity index is 1.27. The van der Waals surface area contributed by atoms with Gasteiger partial charge in [-0.2, -0.15) is 5.26 Å². The van der Waals surface area contributed by atoms with Gasteiger partial charge in [0, 0.05) is 37.6 Å². The van der Waals surface area contributed by atoms with Crippen molar-refractivity contribution in [3.8, 4) is 57.0 Å². The third-order valence-electron chi connectivity index (χ3n) is 8.14. The number of aromatic nitrogens is 4. The Morgan fingerprint density at radius 2 is 0.957 bits per heavy atom. The van der Waals surface area contributed by atoms with Crippen LogP contribution in [0, 0.1) is 11.3 Å². The quantitative estimate of drug-likeness (QED) is 0.185. The van der Waals surface area contributed by atoms with Gasteiger partial charge in [0.1, 0.15) is 0 Å². The summed E-state index contributed by atoms with van der Waals surface area (Å²) in [5, 5.41) is 11.6. The smallest absolute Gasteiger partial charge is 0.164 e. The molecule has 0 amide bonds. The van der Waals surface area contributed by atoms with Gasteiger partial charge in [-0.25, -0.2) is 15.0 Å². The normalized spacial score (nSPS) is 11.1. The molecule has 6 heteroatoms. The minimum atomic E-state index is 0.586. The topological polar surface area (TPSA) is 67.4 Å². The first kappa shape index (κ1) is 27.6. The molecule has 46 heavy (non-hydrogen) atoms. The maximum absolute atomic E-state index is 9.16. The van der Waals surface area contributed by atoms with Crippen LogP contribution in [-0.2, 0) is 0 Å². The van der Waals surface area contributed by atoms with Crippen LogP contribution >= 0.6 is 15.9 Å². The average molecular weight is 655 g/mol. The second-order valence-electron chi connectivity index (χ2n) is 11.0. The third kappa shape index (κ3) is 5.03. The molecule has 0 radical (unpaired) electrons. The molecule has 2 heterocycles. The summed E-state index contributed by atoms with van der Waals surface area (Å²) in [5.74, 6) is 1.78. The van der Waals surface area contributed by atoms with Crippen molar-refractivity contribution in [1.29, 1.82) is 5.26 Å². The minimum Gasteiger partial charge on any atom is -0.309 e. The molecule has 2 aromatic heterocycles. The van der Waals surface area contributed by atoms with Crippen LogP contribution in [0.25, 0.3) is 72.8 Å².